The first-order valence-corrected chi connectivity index (χ1v) is 14.9. The van der Waals surface area contributed by atoms with Gasteiger partial charge in [0.25, 0.3) is 0 Å². The van der Waals surface area contributed by atoms with Crippen molar-refractivity contribution < 1.29 is 20.9 Å². The van der Waals surface area contributed by atoms with Crippen molar-refractivity contribution in [1.29, 1.82) is 0 Å². The summed E-state index contributed by atoms with van der Waals surface area (Å²) in [5.74, 6) is 3.93. The van der Waals surface area contributed by atoms with E-state index in [9.17, 15) is 5.11 Å². The molecule has 0 amide bonds. The van der Waals surface area contributed by atoms with E-state index in [1.165, 1.54) is 83.6 Å². The second-order valence-electron chi connectivity index (χ2n) is 14.8. The number of hydrogen-bond donors (Lipinski definition) is 4. The molecule has 1 spiro atoms. The zero-order valence-corrected chi connectivity index (χ0v) is 22.1. The smallest absolute Gasteiger partial charge is 0.137 e. The third-order valence-electron chi connectivity index (χ3n) is 12.2. The Morgan fingerprint density at radius 3 is 2.53 bits per heavy atom. The molecule has 5 nitrogen and oxygen atoms in total. The molecule has 0 aromatic carbocycles. The maximum absolute atomic E-state index is 10.4. The zero-order valence-electron chi connectivity index (χ0n) is 22.1. The number of aliphatic hydroxyl groups is 1. The number of ether oxygens (including phenoxy) is 1. The summed E-state index contributed by atoms with van der Waals surface area (Å²) in [6.45, 7) is 6.26. The molecular weight excluding hydrogens is 422 g/mol. The van der Waals surface area contributed by atoms with Crippen molar-refractivity contribution >= 4 is 0 Å². The molecule has 4 aliphatic carbocycles. The van der Waals surface area contributed by atoms with Gasteiger partial charge in [-0.1, -0.05) is 12.8 Å². The van der Waals surface area contributed by atoms with Gasteiger partial charge in [-0.15, -0.1) is 0 Å². The van der Waals surface area contributed by atoms with Gasteiger partial charge in [-0.05, 0) is 101 Å². The summed E-state index contributed by atoms with van der Waals surface area (Å²) in [5.41, 5.74) is 11.6. The summed E-state index contributed by atoms with van der Waals surface area (Å²) >= 11 is 0. The van der Waals surface area contributed by atoms with E-state index in [0.717, 1.165) is 30.6 Å². The molecule has 3 heterocycles. The predicted octanol–water partition coefficient (Wildman–Crippen LogP) is 2.57. The third-order valence-corrected chi connectivity index (χ3v) is 12.2. The van der Waals surface area contributed by atoms with Crippen LogP contribution in [0.25, 0.3) is 0 Å². The van der Waals surface area contributed by atoms with E-state index in [-0.39, 0.29) is 16.7 Å². The maximum Gasteiger partial charge on any atom is 0.137 e. The highest BCUT2D eigenvalue weighted by molar-refractivity contribution is 5.19. The lowest BCUT2D eigenvalue weighted by Gasteiger charge is -2.69. The molecule has 4 bridgehead atoms. The molecule has 34 heavy (non-hydrogen) atoms. The highest BCUT2D eigenvalue weighted by Gasteiger charge is 2.72. The van der Waals surface area contributed by atoms with Crippen molar-refractivity contribution in [2.75, 3.05) is 13.2 Å². The molecule has 9 atom stereocenters. The lowest BCUT2D eigenvalue weighted by atomic mass is 9.43. The summed E-state index contributed by atoms with van der Waals surface area (Å²) in [4.78, 5) is 0. The fourth-order valence-electron chi connectivity index (χ4n) is 11.4. The van der Waals surface area contributed by atoms with Gasteiger partial charge in [-0.3, -0.25) is 5.73 Å². The average molecular weight is 476 g/mol. The normalized spacial score (nSPS) is 51.6. The minimum Gasteiger partial charge on any atom is -0.396 e. The summed E-state index contributed by atoms with van der Waals surface area (Å²) in [7, 11) is 0. The molecule has 4 saturated carbocycles. The average Bonchev–Trinajstić information content (AvgIpc) is 3.20. The highest BCUT2D eigenvalue weighted by Crippen LogP contribution is 2.67. The quantitative estimate of drug-likeness (QED) is 0.503. The first kappa shape index (κ1) is 24.2. The fraction of sp³-hybridized carbons (Fsp3) is 1.00. The van der Waals surface area contributed by atoms with Crippen LogP contribution in [0.15, 0.2) is 0 Å². The van der Waals surface area contributed by atoms with Gasteiger partial charge in [-0.2, -0.15) is 0 Å². The summed E-state index contributed by atoms with van der Waals surface area (Å²) in [6.07, 6.45) is 19.0. The lowest BCUT2D eigenvalue weighted by Crippen LogP contribution is -2.95. The SMILES string of the molecule is CC1(C)OC2(C3CC(CC4CCC(N)[NH2+]C4)CC4(CCCC4)C3)CC3CCC(CO)C([NH3+])(C2)C31. The zero-order chi connectivity index (χ0) is 23.8. The van der Waals surface area contributed by atoms with E-state index in [4.69, 9.17) is 16.2 Å². The Morgan fingerprint density at radius 1 is 1.03 bits per heavy atom. The Hall–Kier alpha value is -0.200. The molecule has 0 aromatic rings. The van der Waals surface area contributed by atoms with Crippen LogP contribution in [0.4, 0.5) is 0 Å². The fourth-order valence-corrected chi connectivity index (χ4v) is 11.4. The second kappa shape index (κ2) is 8.41. The molecule has 9 unspecified atom stereocenters. The Labute approximate surface area is 207 Å². The Bertz CT molecular complexity index is 758. The molecule has 194 valence electrons. The van der Waals surface area contributed by atoms with Crippen molar-refractivity contribution in [3.05, 3.63) is 0 Å². The van der Waals surface area contributed by atoms with Gasteiger partial charge in [0.2, 0.25) is 0 Å². The Morgan fingerprint density at radius 2 is 1.82 bits per heavy atom. The van der Waals surface area contributed by atoms with Crippen molar-refractivity contribution in [1.82, 2.24) is 0 Å². The lowest BCUT2D eigenvalue weighted by molar-refractivity contribution is -0.703. The topological polar surface area (TPSA) is 99.7 Å². The van der Waals surface area contributed by atoms with E-state index in [2.05, 4.69) is 19.2 Å². The van der Waals surface area contributed by atoms with Crippen LogP contribution in [0.1, 0.15) is 104 Å². The molecule has 0 aromatic heterocycles. The van der Waals surface area contributed by atoms with E-state index in [1.54, 1.807) is 0 Å². The monoisotopic (exact) mass is 475 g/mol. The van der Waals surface area contributed by atoms with E-state index in [1.807, 2.05) is 0 Å². The summed E-state index contributed by atoms with van der Waals surface area (Å²) < 4.78 is 7.31. The standard InChI is InChI=1S/C29H51N3O2/c1-26(2)25-21-6-7-22(17-33)29(25,31)18-28(14-21,34-26)23-12-20(11-19-5-8-24(30)32-16-19)13-27(15-23)9-3-4-10-27/h19-25,32-33H,3-18,30-31H2,1-2H3/p+2. The molecule has 0 radical (unpaired) electrons. The Balaban J connectivity index is 1.30. The molecule has 8 N–H and O–H groups in total. The minimum atomic E-state index is -0.124. The van der Waals surface area contributed by atoms with Gasteiger partial charge >= 0.3 is 0 Å². The van der Waals surface area contributed by atoms with E-state index in [0.29, 0.717) is 35.9 Å². The summed E-state index contributed by atoms with van der Waals surface area (Å²) in [5, 5.41) is 12.8. The number of fused-ring (bicyclic) bond motifs is 1. The third kappa shape index (κ3) is 3.83. The van der Waals surface area contributed by atoms with Crippen molar-refractivity contribution in [2.24, 2.45) is 46.7 Å². The number of hydrogen-bond acceptors (Lipinski definition) is 3. The summed E-state index contributed by atoms with van der Waals surface area (Å²) in [6, 6.07) is 0. The molecule has 7 aliphatic rings. The number of quaternary nitrogens is 2. The van der Waals surface area contributed by atoms with Crippen LogP contribution in [0.2, 0.25) is 0 Å². The van der Waals surface area contributed by atoms with Crippen LogP contribution in [0.5, 0.6) is 0 Å². The van der Waals surface area contributed by atoms with Crippen molar-refractivity contribution in [3.63, 3.8) is 0 Å². The van der Waals surface area contributed by atoms with Gasteiger partial charge in [-0.25, -0.2) is 0 Å². The Kier molecular flexibility index (Phi) is 5.97. The van der Waals surface area contributed by atoms with E-state index >= 15 is 0 Å². The maximum atomic E-state index is 10.4. The number of piperidine rings is 1. The highest BCUT2D eigenvalue weighted by atomic mass is 16.5. The van der Waals surface area contributed by atoms with E-state index < -0.39 is 0 Å². The molecule has 5 heteroatoms. The number of rotatable bonds is 4. The largest absolute Gasteiger partial charge is 0.396 e. The van der Waals surface area contributed by atoms with Crippen molar-refractivity contribution in [3.8, 4) is 0 Å². The molecule has 3 aliphatic heterocycles. The van der Waals surface area contributed by atoms with Crippen LogP contribution in [0, 0.1) is 40.9 Å². The molecule has 3 saturated heterocycles. The van der Waals surface area contributed by atoms with Gasteiger partial charge in [0.05, 0.1) is 24.4 Å². The van der Waals surface area contributed by atoms with Gasteiger partial charge < -0.3 is 20.9 Å². The van der Waals surface area contributed by atoms with Crippen LogP contribution in [0.3, 0.4) is 0 Å². The van der Waals surface area contributed by atoms with Crippen LogP contribution >= 0.6 is 0 Å². The first-order chi connectivity index (χ1) is 16.2. The minimum absolute atomic E-state index is 0.0120. The number of aliphatic hydroxyl groups excluding tert-OH is 1. The van der Waals surface area contributed by atoms with Gasteiger partial charge in [0, 0.05) is 30.6 Å². The predicted molar refractivity (Wildman–Crippen MR) is 133 cm³/mol. The van der Waals surface area contributed by atoms with Crippen LogP contribution in [-0.2, 0) is 4.74 Å². The first-order valence-electron chi connectivity index (χ1n) is 14.9. The van der Waals surface area contributed by atoms with Crippen molar-refractivity contribution in [2.45, 2.75) is 127 Å². The molecule has 7 rings (SSSR count). The molecular formula is C29H53N3O2+2. The van der Waals surface area contributed by atoms with Crippen LogP contribution < -0.4 is 16.8 Å². The second-order valence-corrected chi connectivity index (χ2v) is 14.8. The number of nitrogens with two attached hydrogens (primary N) is 2. The van der Waals surface area contributed by atoms with Crippen LogP contribution in [-0.4, -0.2) is 41.2 Å². The molecule has 7 fully saturated rings. The van der Waals surface area contributed by atoms with Gasteiger partial charge in [0.15, 0.2) is 0 Å². The van der Waals surface area contributed by atoms with Gasteiger partial charge in [0.1, 0.15) is 11.7 Å².